The Labute approximate surface area is 236 Å². The average molecular weight is 621 g/mol. The van der Waals surface area contributed by atoms with Crippen LogP contribution < -0.4 is 20.7 Å². The van der Waals surface area contributed by atoms with Gasteiger partial charge in [-0.3, -0.25) is 4.79 Å². The second-order valence-corrected chi connectivity index (χ2v) is 9.73. The molecule has 4 rings (SSSR count). The highest BCUT2D eigenvalue weighted by molar-refractivity contribution is 9.10. The van der Waals surface area contributed by atoms with Gasteiger partial charge in [-0.15, -0.1) is 10.2 Å². The first-order valence-corrected chi connectivity index (χ1v) is 12.9. The number of benzene rings is 3. The zero-order valence-electron chi connectivity index (χ0n) is 19.1. The Kier molecular flexibility index (Phi) is 9.29. The number of halogens is 3. The van der Waals surface area contributed by atoms with Gasteiger partial charge in [-0.1, -0.05) is 57.3 Å². The highest BCUT2D eigenvalue weighted by Crippen LogP contribution is 2.35. The maximum absolute atomic E-state index is 12.3. The van der Waals surface area contributed by atoms with E-state index in [0.29, 0.717) is 51.1 Å². The lowest BCUT2D eigenvalue weighted by Crippen LogP contribution is -2.38. The van der Waals surface area contributed by atoms with E-state index >= 15 is 0 Å². The van der Waals surface area contributed by atoms with Gasteiger partial charge in [-0.25, -0.2) is 0 Å². The minimum atomic E-state index is -0.269. The number of para-hydroxylation sites is 1. The number of carbonyl (C=O) groups is 1. The van der Waals surface area contributed by atoms with Crippen molar-refractivity contribution in [1.29, 1.82) is 0 Å². The lowest BCUT2D eigenvalue weighted by Gasteiger charge is -2.11. The van der Waals surface area contributed by atoms with Gasteiger partial charge in [0.25, 0.3) is 0 Å². The van der Waals surface area contributed by atoms with E-state index in [2.05, 4.69) is 47.3 Å². The molecule has 1 heterocycles. The molecule has 190 valence electrons. The summed E-state index contributed by atoms with van der Waals surface area (Å²) in [5.41, 5.74) is 1.45. The number of hydrogen-bond donors (Lipinski definition) is 3. The van der Waals surface area contributed by atoms with Crippen molar-refractivity contribution in [3.05, 3.63) is 81.2 Å². The number of anilines is 1. The number of hydrogen-bond acceptors (Lipinski definition) is 6. The summed E-state index contributed by atoms with van der Waals surface area (Å²) in [4.78, 5) is 13.5. The fourth-order valence-corrected chi connectivity index (χ4v) is 4.20. The first-order chi connectivity index (χ1) is 17.9. The van der Waals surface area contributed by atoms with Crippen LogP contribution in [0.1, 0.15) is 0 Å². The number of nitrogens with zero attached hydrogens (tertiary/aromatic N) is 4. The van der Waals surface area contributed by atoms with Crippen LogP contribution in [0.3, 0.4) is 0 Å². The SMILES string of the molecule is O=C(Cn1nnc(-c2ccccc2Oc2ccc(Cl)cc2Cl)n1)NCCNC(=S)Nc1cccc(Br)c1. The molecule has 0 saturated carbocycles. The zero-order chi connectivity index (χ0) is 26.2. The minimum absolute atomic E-state index is 0.0974. The van der Waals surface area contributed by atoms with Crippen molar-refractivity contribution in [3.8, 4) is 22.9 Å². The highest BCUT2D eigenvalue weighted by Gasteiger charge is 2.15. The van der Waals surface area contributed by atoms with Crippen LogP contribution in [0.2, 0.25) is 10.0 Å². The summed E-state index contributed by atoms with van der Waals surface area (Å²) in [6.07, 6.45) is 0. The van der Waals surface area contributed by atoms with Gasteiger partial charge in [0, 0.05) is 28.3 Å². The van der Waals surface area contributed by atoms with E-state index in [4.69, 9.17) is 40.2 Å². The molecule has 0 radical (unpaired) electrons. The van der Waals surface area contributed by atoms with Crippen LogP contribution in [-0.4, -0.2) is 44.3 Å². The molecule has 0 atom stereocenters. The third-order valence-electron chi connectivity index (χ3n) is 4.79. The predicted molar refractivity (Wildman–Crippen MR) is 151 cm³/mol. The second-order valence-electron chi connectivity index (χ2n) is 7.56. The molecule has 3 N–H and O–H groups in total. The standard InChI is InChI=1S/C24H20BrCl2N7O2S/c25-15-4-3-5-17(12-15)30-24(37)29-11-10-28-22(35)14-34-32-23(31-33-34)18-6-1-2-7-20(18)36-21-9-8-16(26)13-19(21)27/h1-9,12-13H,10-11,14H2,(H,28,35)(H2,29,30,37). The van der Waals surface area contributed by atoms with E-state index in [9.17, 15) is 4.79 Å². The van der Waals surface area contributed by atoms with Gasteiger partial charge in [0.2, 0.25) is 11.7 Å². The summed E-state index contributed by atoms with van der Waals surface area (Å²) in [5, 5.41) is 22.6. The quantitative estimate of drug-likeness (QED) is 0.171. The third kappa shape index (κ3) is 7.86. The monoisotopic (exact) mass is 619 g/mol. The van der Waals surface area contributed by atoms with E-state index in [0.717, 1.165) is 10.2 Å². The fraction of sp³-hybridized carbons (Fsp3) is 0.125. The topological polar surface area (TPSA) is 106 Å². The number of ether oxygens (including phenoxy) is 1. The molecule has 0 aliphatic heterocycles. The number of amides is 1. The average Bonchev–Trinajstić information content (AvgIpc) is 3.32. The molecule has 1 amide bonds. The van der Waals surface area contributed by atoms with Gasteiger partial charge in [-0.05, 0) is 66.0 Å². The Morgan fingerprint density at radius 3 is 2.62 bits per heavy atom. The van der Waals surface area contributed by atoms with E-state index in [1.54, 1.807) is 30.3 Å². The molecule has 3 aromatic carbocycles. The predicted octanol–water partition coefficient (Wildman–Crippen LogP) is 5.30. The summed E-state index contributed by atoms with van der Waals surface area (Å²) in [5.74, 6) is 0.952. The molecule has 0 aliphatic rings. The molecule has 0 spiro atoms. The van der Waals surface area contributed by atoms with Crippen molar-refractivity contribution in [2.24, 2.45) is 0 Å². The Hall–Kier alpha value is -3.25. The van der Waals surface area contributed by atoms with Crippen molar-refractivity contribution >= 4 is 68.1 Å². The molecule has 0 fully saturated rings. The Morgan fingerprint density at radius 1 is 1.00 bits per heavy atom. The van der Waals surface area contributed by atoms with Gasteiger partial charge in [0.05, 0.1) is 10.6 Å². The number of tetrazole rings is 1. The van der Waals surface area contributed by atoms with E-state index in [-0.39, 0.29) is 12.5 Å². The second kappa shape index (κ2) is 12.8. The summed E-state index contributed by atoms with van der Waals surface area (Å²) < 4.78 is 6.90. The molecule has 4 aromatic rings. The molecular weight excluding hydrogens is 601 g/mol. The summed E-state index contributed by atoms with van der Waals surface area (Å²) in [6.45, 7) is 0.707. The molecule has 13 heteroatoms. The summed E-state index contributed by atoms with van der Waals surface area (Å²) in [7, 11) is 0. The molecule has 0 aliphatic carbocycles. The van der Waals surface area contributed by atoms with Crippen LogP contribution in [0.5, 0.6) is 11.5 Å². The minimum Gasteiger partial charge on any atom is -0.455 e. The number of aromatic nitrogens is 4. The summed E-state index contributed by atoms with van der Waals surface area (Å²) >= 11 is 20.9. The maximum Gasteiger partial charge on any atom is 0.243 e. The molecule has 9 nitrogen and oxygen atoms in total. The maximum atomic E-state index is 12.3. The van der Waals surface area contributed by atoms with E-state index < -0.39 is 0 Å². The molecule has 0 unspecified atom stereocenters. The zero-order valence-corrected chi connectivity index (χ0v) is 23.0. The first-order valence-electron chi connectivity index (χ1n) is 10.9. The number of rotatable bonds is 9. The first kappa shape index (κ1) is 26.8. The van der Waals surface area contributed by atoms with E-state index in [1.165, 1.54) is 4.80 Å². The number of nitrogens with one attached hydrogen (secondary N) is 3. The number of thiocarbonyl (C=S) groups is 1. The smallest absolute Gasteiger partial charge is 0.243 e. The van der Waals surface area contributed by atoms with Crippen LogP contribution in [0.15, 0.2) is 71.2 Å². The lowest BCUT2D eigenvalue weighted by atomic mass is 10.2. The lowest BCUT2D eigenvalue weighted by molar-refractivity contribution is -0.122. The van der Waals surface area contributed by atoms with Crippen molar-refractivity contribution < 1.29 is 9.53 Å². The molecule has 0 bridgehead atoms. The molecule has 0 saturated heterocycles. The van der Waals surface area contributed by atoms with Gasteiger partial charge in [0.15, 0.2) is 5.11 Å². The van der Waals surface area contributed by atoms with Gasteiger partial charge in [0.1, 0.15) is 18.0 Å². The Balaban J connectivity index is 1.28. The van der Waals surface area contributed by atoms with Crippen molar-refractivity contribution in [2.45, 2.75) is 6.54 Å². The van der Waals surface area contributed by atoms with Gasteiger partial charge < -0.3 is 20.7 Å². The Morgan fingerprint density at radius 2 is 1.81 bits per heavy atom. The van der Waals surface area contributed by atoms with Crippen LogP contribution in [0.4, 0.5) is 5.69 Å². The van der Waals surface area contributed by atoms with Crippen molar-refractivity contribution in [2.75, 3.05) is 18.4 Å². The third-order valence-corrected chi connectivity index (χ3v) is 6.07. The fourth-order valence-electron chi connectivity index (χ4n) is 3.14. The van der Waals surface area contributed by atoms with Crippen LogP contribution in [0, 0.1) is 0 Å². The van der Waals surface area contributed by atoms with Crippen LogP contribution in [-0.2, 0) is 11.3 Å². The van der Waals surface area contributed by atoms with Gasteiger partial charge >= 0.3 is 0 Å². The van der Waals surface area contributed by atoms with Crippen molar-refractivity contribution in [1.82, 2.24) is 30.8 Å². The molecule has 1 aromatic heterocycles. The molecular formula is C24H20BrCl2N7O2S. The van der Waals surface area contributed by atoms with Crippen LogP contribution in [0.25, 0.3) is 11.4 Å². The van der Waals surface area contributed by atoms with Crippen LogP contribution >= 0.6 is 51.3 Å². The highest BCUT2D eigenvalue weighted by atomic mass is 79.9. The number of carbonyl (C=O) groups excluding carboxylic acids is 1. The largest absolute Gasteiger partial charge is 0.455 e. The van der Waals surface area contributed by atoms with Gasteiger partial charge in [-0.2, -0.15) is 4.80 Å². The van der Waals surface area contributed by atoms with Crippen molar-refractivity contribution in [3.63, 3.8) is 0 Å². The summed E-state index contributed by atoms with van der Waals surface area (Å²) in [6, 6.07) is 19.8. The molecule has 37 heavy (non-hydrogen) atoms. The van der Waals surface area contributed by atoms with E-state index in [1.807, 2.05) is 36.4 Å². The normalized spacial score (nSPS) is 10.6. The Bertz CT molecular complexity index is 1420.